The van der Waals surface area contributed by atoms with Gasteiger partial charge in [-0.25, -0.2) is 0 Å². The van der Waals surface area contributed by atoms with Gasteiger partial charge in [0.1, 0.15) is 0 Å². The van der Waals surface area contributed by atoms with Crippen LogP contribution in [0.1, 0.15) is 380 Å². The third kappa shape index (κ3) is 63.1. The van der Waals surface area contributed by atoms with Crippen molar-refractivity contribution < 1.29 is 24.5 Å². The van der Waals surface area contributed by atoms with Crippen molar-refractivity contribution in [3.05, 3.63) is 36.5 Å². The van der Waals surface area contributed by atoms with Crippen LogP contribution < -0.4 is 5.32 Å². The summed E-state index contributed by atoms with van der Waals surface area (Å²) in [6, 6.07) is -0.556. The second-order valence-electron chi connectivity index (χ2n) is 23.9. The van der Waals surface area contributed by atoms with E-state index in [9.17, 15) is 19.8 Å². The Morgan fingerprint density at radius 1 is 0.364 bits per heavy atom. The van der Waals surface area contributed by atoms with E-state index in [2.05, 4.69) is 55.6 Å². The summed E-state index contributed by atoms with van der Waals surface area (Å²) in [4.78, 5) is 24.6. The predicted octanol–water partition coefficient (Wildman–Crippen LogP) is 22.3. The summed E-state index contributed by atoms with van der Waals surface area (Å²) in [7, 11) is 0. The number of esters is 1. The highest BCUT2D eigenvalue weighted by Crippen LogP contribution is 2.18. The maximum absolute atomic E-state index is 12.5. The zero-order chi connectivity index (χ0) is 55.7. The molecule has 0 saturated carbocycles. The molecular weight excluding hydrogens is 947 g/mol. The van der Waals surface area contributed by atoms with Crippen molar-refractivity contribution in [2.75, 3.05) is 13.2 Å². The summed E-state index contributed by atoms with van der Waals surface area (Å²) in [6.07, 6.45) is 84.7. The molecule has 0 aromatic rings. The molecule has 454 valence electrons. The zero-order valence-electron chi connectivity index (χ0n) is 52.0. The van der Waals surface area contributed by atoms with Crippen LogP contribution in [0.4, 0.5) is 0 Å². The summed E-state index contributed by atoms with van der Waals surface area (Å²) in [5.41, 5.74) is 0. The molecule has 2 atom stereocenters. The van der Waals surface area contributed by atoms with Crippen LogP contribution >= 0.6 is 0 Å². The van der Waals surface area contributed by atoms with Crippen LogP contribution in [0.5, 0.6) is 0 Å². The number of allylic oxidation sites excluding steroid dienone is 6. The number of aliphatic hydroxyl groups is 2. The van der Waals surface area contributed by atoms with E-state index >= 15 is 0 Å². The summed E-state index contributed by atoms with van der Waals surface area (Å²) in [6.45, 7) is 4.94. The van der Waals surface area contributed by atoms with Crippen molar-refractivity contribution in [1.82, 2.24) is 5.32 Å². The molecule has 0 heterocycles. The van der Waals surface area contributed by atoms with Gasteiger partial charge in [-0.2, -0.15) is 0 Å². The zero-order valence-corrected chi connectivity index (χ0v) is 52.0. The quantitative estimate of drug-likeness (QED) is 0.0320. The maximum atomic E-state index is 12.5. The van der Waals surface area contributed by atoms with Gasteiger partial charge in [0.2, 0.25) is 5.91 Å². The Bertz CT molecular complexity index is 1250. The minimum atomic E-state index is -0.677. The molecule has 1 amide bonds. The number of hydrogen-bond acceptors (Lipinski definition) is 5. The second-order valence-corrected chi connectivity index (χ2v) is 23.9. The normalized spacial score (nSPS) is 12.7. The van der Waals surface area contributed by atoms with Gasteiger partial charge in [0.25, 0.3) is 0 Å². The third-order valence-electron chi connectivity index (χ3n) is 16.2. The molecule has 0 aromatic heterocycles. The third-order valence-corrected chi connectivity index (χ3v) is 16.2. The van der Waals surface area contributed by atoms with Crippen molar-refractivity contribution in [3.63, 3.8) is 0 Å². The van der Waals surface area contributed by atoms with E-state index in [1.54, 1.807) is 0 Å². The number of nitrogens with one attached hydrogen (secondary N) is 1. The summed E-state index contributed by atoms with van der Waals surface area (Å²) < 4.78 is 5.47. The van der Waals surface area contributed by atoms with Crippen molar-refractivity contribution in [2.45, 2.75) is 392 Å². The molecule has 3 N–H and O–H groups in total. The summed E-state index contributed by atoms with van der Waals surface area (Å²) in [5.74, 6) is -0.0647. The Morgan fingerprint density at radius 3 is 1.00 bits per heavy atom. The summed E-state index contributed by atoms with van der Waals surface area (Å²) in [5, 5.41) is 23.4. The highest BCUT2D eigenvalue weighted by Gasteiger charge is 2.20. The highest BCUT2D eigenvalue weighted by atomic mass is 16.5. The fourth-order valence-electron chi connectivity index (χ4n) is 10.8. The first-order valence-electron chi connectivity index (χ1n) is 34.7. The van der Waals surface area contributed by atoms with E-state index in [1.165, 1.54) is 263 Å². The number of ether oxygens (including phenoxy) is 1. The highest BCUT2D eigenvalue weighted by molar-refractivity contribution is 5.76. The molecule has 6 nitrogen and oxygen atoms in total. The lowest BCUT2D eigenvalue weighted by Gasteiger charge is -2.22. The number of carbonyl (C=O) groups is 2. The molecule has 0 saturated heterocycles. The molecule has 0 aliphatic heterocycles. The molecule has 0 fully saturated rings. The standard InChI is InChI=1S/C71H135NO5/c1-3-5-7-9-11-13-15-17-19-21-23-24-25-26-27-28-29-31-35-39-43-47-51-55-59-63-69(74)68(67-73)72-70(75)64-60-56-52-48-44-40-36-32-30-34-38-42-46-50-54-58-62-66-77-71(76)65-61-57-53-49-45-41-37-33-22-20-18-16-14-12-10-8-6-4-2/h20,22,30,34,42,46,68-69,73-74H,3-19,21,23-29,31-33,35-41,43-45,47-67H2,1-2H3,(H,72,75)/b22-20-,34-30-,46-42-. The Labute approximate surface area is 481 Å². The number of aliphatic hydroxyl groups excluding tert-OH is 2. The van der Waals surface area contributed by atoms with Gasteiger partial charge in [-0.1, -0.05) is 314 Å². The Hall–Kier alpha value is -1.92. The molecule has 0 aliphatic carbocycles. The van der Waals surface area contributed by atoms with Crippen LogP contribution in [-0.4, -0.2) is 47.4 Å². The van der Waals surface area contributed by atoms with Crippen LogP contribution in [0.15, 0.2) is 36.5 Å². The van der Waals surface area contributed by atoms with Crippen molar-refractivity contribution in [3.8, 4) is 0 Å². The van der Waals surface area contributed by atoms with Gasteiger partial charge in [-0.05, 0) is 89.9 Å². The molecule has 0 bridgehead atoms. The van der Waals surface area contributed by atoms with Gasteiger partial charge in [0.15, 0.2) is 0 Å². The fourth-order valence-corrected chi connectivity index (χ4v) is 10.8. The molecule has 0 rings (SSSR count). The van der Waals surface area contributed by atoms with Crippen LogP contribution in [-0.2, 0) is 14.3 Å². The molecule has 0 radical (unpaired) electrons. The minimum absolute atomic E-state index is 0.0174. The van der Waals surface area contributed by atoms with Crippen LogP contribution in [0.3, 0.4) is 0 Å². The van der Waals surface area contributed by atoms with E-state index < -0.39 is 12.1 Å². The topological polar surface area (TPSA) is 95.9 Å². The monoisotopic (exact) mass is 1080 g/mol. The SMILES string of the molecule is CCCCCCCCC/C=C\CCCCCCCCCC(=O)OCCCCC/C=C\C/C=C\CCCCCCCCCC(=O)NC(CO)C(O)CCCCCCCCCCCCCCCCCCCCCCCCCCC. The second kappa shape index (κ2) is 66.6. The van der Waals surface area contributed by atoms with Gasteiger partial charge in [0, 0.05) is 12.8 Å². The largest absolute Gasteiger partial charge is 0.466 e. The Balaban J connectivity index is 3.47. The van der Waals surface area contributed by atoms with Gasteiger partial charge in [0.05, 0.1) is 25.4 Å². The van der Waals surface area contributed by atoms with Gasteiger partial charge in [-0.3, -0.25) is 9.59 Å². The number of carbonyl (C=O) groups excluding carboxylic acids is 2. The molecular formula is C71H135NO5. The van der Waals surface area contributed by atoms with Crippen molar-refractivity contribution in [1.29, 1.82) is 0 Å². The molecule has 0 aliphatic rings. The first-order chi connectivity index (χ1) is 38.0. The first-order valence-corrected chi connectivity index (χ1v) is 34.7. The van der Waals surface area contributed by atoms with Crippen LogP contribution in [0.25, 0.3) is 0 Å². The molecule has 0 aromatic carbocycles. The van der Waals surface area contributed by atoms with E-state index in [0.717, 1.165) is 83.5 Å². The van der Waals surface area contributed by atoms with E-state index in [-0.39, 0.29) is 18.5 Å². The lowest BCUT2D eigenvalue weighted by atomic mass is 10.0. The van der Waals surface area contributed by atoms with Gasteiger partial charge in [-0.15, -0.1) is 0 Å². The average molecular weight is 1080 g/mol. The van der Waals surface area contributed by atoms with Crippen LogP contribution in [0.2, 0.25) is 0 Å². The minimum Gasteiger partial charge on any atom is -0.466 e. The lowest BCUT2D eigenvalue weighted by Crippen LogP contribution is -2.45. The molecule has 0 spiro atoms. The average Bonchev–Trinajstić information content (AvgIpc) is 3.43. The predicted molar refractivity (Wildman–Crippen MR) is 338 cm³/mol. The lowest BCUT2D eigenvalue weighted by molar-refractivity contribution is -0.143. The van der Waals surface area contributed by atoms with Gasteiger partial charge < -0.3 is 20.3 Å². The van der Waals surface area contributed by atoms with E-state index in [0.29, 0.717) is 25.9 Å². The maximum Gasteiger partial charge on any atom is 0.305 e. The van der Waals surface area contributed by atoms with Gasteiger partial charge >= 0.3 is 5.97 Å². The van der Waals surface area contributed by atoms with E-state index in [4.69, 9.17) is 4.74 Å². The smallest absolute Gasteiger partial charge is 0.305 e. The van der Waals surface area contributed by atoms with Crippen molar-refractivity contribution in [2.24, 2.45) is 0 Å². The number of hydrogen-bond donors (Lipinski definition) is 3. The Morgan fingerprint density at radius 2 is 0.649 bits per heavy atom. The number of rotatable bonds is 65. The molecule has 77 heavy (non-hydrogen) atoms. The van der Waals surface area contributed by atoms with E-state index in [1.807, 2.05) is 0 Å². The molecule has 2 unspecified atom stereocenters. The fraction of sp³-hybridized carbons (Fsp3) is 0.887. The Kier molecular flexibility index (Phi) is 64.9. The first kappa shape index (κ1) is 75.1. The van der Waals surface area contributed by atoms with Crippen molar-refractivity contribution >= 4 is 11.9 Å². The number of unbranched alkanes of at least 4 members (excludes halogenated alkanes) is 48. The number of amides is 1. The van der Waals surface area contributed by atoms with Crippen LogP contribution in [0, 0.1) is 0 Å². The summed E-state index contributed by atoms with van der Waals surface area (Å²) >= 11 is 0. The molecule has 6 heteroatoms.